The molecule has 0 bridgehead atoms. The minimum Gasteiger partial charge on any atom is -0.391 e. The Kier molecular flexibility index (Phi) is 6.47. The lowest BCUT2D eigenvalue weighted by molar-refractivity contribution is 0.0833. The van der Waals surface area contributed by atoms with Gasteiger partial charge >= 0.3 is 6.03 Å². The molecule has 0 aromatic rings. The van der Waals surface area contributed by atoms with Crippen LogP contribution in [0.5, 0.6) is 0 Å². The first kappa shape index (κ1) is 15.3. The van der Waals surface area contributed by atoms with E-state index in [4.69, 9.17) is 0 Å². The third kappa shape index (κ3) is 5.71. The highest BCUT2D eigenvalue weighted by Gasteiger charge is 2.22. The highest BCUT2D eigenvalue weighted by atomic mass is 16.3. The van der Waals surface area contributed by atoms with Gasteiger partial charge in [0, 0.05) is 19.1 Å². The summed E-state index contributed by atoms with van der Waals surface area (Å²) in [7, 11) is 0. The summed E-state index contributed by atoms with van der Waals surface area (Å²) in [4.78, 5) is 13.7. The van der Waals surface area contributed by atoms with Gasteiger partial charge in [0.2, 0.25) is 0 Å². The average Bonchev–Trinajstić information content (AvgIpc) is 2.28. The normalized spacial score (nSPS) is 22.1. The Labute approximate surface area is 111 Å². The number of hydrogen-bond acceptors (Lipinski definition) is 2. The standard InChI is InChI=1S/C14H28N2O2/c1-11(2)6-4-7-12(3)15-14(18)16-9-5-8-13(17)10-16/h11-13,17H,4-10H2,1-3H3,(H,15,18). The van der Waals surface area contributed by atoms with Crippen LogP contribution < -0.4 is 5.32 Å². The van der Waals surface area contributed by atoms with Crippen LogP contribution >= 0.6 is 0 Å². The van der Waals surface area contributed by atoms with Crippen molar-refractivity contribution in [1.82, 2.24) is 10.2 Å². The van der Waals surface area contributed by atoms with Gasteiger partial charge in [0.15, 0.2) is 0 Å². The molecule has 1 heterocycles. The number of aliphatic hydroxyl groups excluding tert-OH is 1. The van der Waals surface area contributed by atoms with Crippen LogP contribution in [-0.2, 0) is 0 Å². The minimum atomic E-state index is -0.347. The van der Waals surface area contributed by atoms with Crippen LogP contribution in [0.25, 0.3) is 0 Å². The van der Waals surface area contributed by atoms with Gasteiger partial charge in [-0.2, -0.15) is 0 Å². The number of aliphatic hydroxyl groups is 1. The Morgan fingerprint density at radius 1 is 1.39 bits per heavy atom. The maximum atomic E-state index is 12.0. The van der Waals surface area contributed by atoms with Crippen molar-refractivity contribution in [2.75, 3.05) is 13.1 Å². The zero-order valence-electron chi connectivity index (χ0n) is 12.0. The van der Waals surface area contributed by atoms with Gasteiger partial charge in [-0.15, -0.1) is 0 Å². The van der Waals surface area contributed by atoms with E-state index in [0.29, 0.717) is 6.54 Å². The Hall–Kier alpha value is -0.770. The molecule has 0 spiro atoms. The molecule has 1 aliphatic rings. The van der Waals surface area contributed by atoms with E-state index in [-0.39, 0.29) is 18.2 Å². The molecule has 2 amide bonds. The first-order chi connectivity index (χ1) is 8.49. The zero-order valence-corrected chi connectivity index (χ0v) is 12.0. The van der Waals surface area contributed by atoms with Crippen molar-refractivity contribution in [3.8, 4) is 0 Å². The predicted molar refractivity (Wildman–Crippen MR) is 73.5 cm³/mol. The van der Waals surface area contributed by atoms with Crippen LogP contribution in [-0.4, -0.2) is 41.3 Å². The van der Waals surface area contributed by atoms with Gasteiger partial charge in [-0.3, -0.25) is 0 Å². The quantitative estimate of drug-likeness (QED) is 0.793. The number of piperidine rings is 1. The van der Waals surface area contributed by atoms with Gasteiger partial charge in [-0.25, -0.2) is 4.79 Å². The number of carbonyl (C=O) groups is 1. The topological polar surface area (TPSA) is 52.6 Å². The molecule has 1 saturated heterocycles. The fourth-order valence-corrected chi connectivity index (χ4v) is 2.35. The third-order valence-corrected chi connectivity index (χ3v) is 3.47. The number of carbonyl (C=O) groups excluding carboxylic acids is 1. The molecular weight excluding hydrogens is 228 g/mol. The van der Waals surface area contributed by atoms with Gasteiger partial charge in [0.1, 0.15) is 0 Å². The number of nitrogens with one attached hydrogen (secondary N) is 1. The zero-order chi connectivity index (χ0) is 13.5. The summed E-state index contributed by atoms with van der Waals surface area (Å²) in [6.07, 6.45) is 4.76. The Morgan fingerprint density at radius 2 is 2.11 bits per heavy atom. The summed E-state index contributed by atoms with van der Waals surface area (Å²) in [6, 6.07) is 0.195. The van der Waals surface area contributed by atoms with Gasteiger partial charge in [-0.05, 0) is 32.1 Å². The minimum absolute atomic E-state index is 0.0224. The number of amides is 2. The fourth-order valence-electron chi connectivity index (χ4n) is 2.35. The molecule has 1 fully saturated rings. The predicted octanol–water partition coefficient (Wildman–Crippen LogP) is 2.37. The van der Waals surface area contributed by atoms with Crippen molar-refractivity contribution in [2.45, 2.75) is 65.0 Å². The second kappa shape index (κ2) is 7.62. The van der Waals surface area contributed by atoms with Crippen molar-refractivity contribution >= 4 is 6.03 Å². The third-order valence-electron chi connectivity index (χ3n) is 3.47. The molecule has 0 saturated carbocycles. The van der Waals surface area contributed by atoms with Gasteiger partial charge in [0.05, 0.1) is 6.10 Å². The highest BCUT2D eigenvalue weighted by Crippen LogP contribution is 2.11. The van der Waals surface area contributed by atoms with Gasteiger partial charge < -0.3 is 15.3 Å². The van der Waals surface area contributed by atoms with E-state index in [2.05, 4.69) is 26.1 Å². The molecule has 18 heavy (non-hydrogen) atoms. The molecule has 2 atom stereocenters. The SMILES string of the molecule is CC(C)CCCC(C)NC(=O)N1CCCC(O)C1. The molecule has 106 valence electrons. The molecule has 0 aromatic heterocycles. The lowest BCUT2D eigenvalue weighted by Gasteiger charge is -2.31. The van der Waals surface area contributed by atoms with Gasteiger partial charge in [0.25, 0.3) is 0 Å². The summed E-state index contributed by atoms with van der Waals surface area (Å²) < 4.78 is 0. The van der Waals surface area contributed by atoms with E-state index in [1.54, 1.807) is 4.90 Å². The van der Waals surface area contributed by atoms with Crippen LogP contribution in [0.4, 0.5) is 4.79 Å². The largest absolute Gasteiger partial charge is 0.391 e. The lowest BCUT2D eigenvalue weighted by atomic mass is 10.0. The molecule has 4 heteroatoms. The van der Waals surface area contributed by atoms with Crippen molar-refractivity contribution in [1.29, 1.82) is 0 Å². The number of likely N-dealkylation sites (tertiary alicyclic amines) is 1. The number of hydrogen-bond donors (Lipinski definition) is 2. The van der Waals surface area contributed by atoms with E-state index < -0.39 is 0 Å². The van der Waals surface area contributed by atoms with Crippen LogP contribution in [0, 0.1) is 5.92 Å². The fraction of sp³-hybridized carbons (Fsp3) is 0.929. The second-order valence-corrected chi connectivity index (χ2v) is 5.92. The average molecular weight is 256 g/mol. The molecule has 4 nitrogen and oxygen atoms in total. The maximum Gasteiger partial charge on any atom is 0.317 e. The summed E-state index contributed by atoms with van der Waals surface area (Å²) >= 11 is 0. The first-order valence-corrected chi connectivity index (χ1v) is 7.22. The van der Waals surface area contributed by atoms with E-state index in [0.717, 1.165) is 38.1 Å². The molecule has 0 radical (unpaired) electrons. The first-order valence-electron chi connectivity index (χ1n) is 7.22. The van der Waals surface area contributed by atoms with E-state index in [1.807, 2.05) is 0 Å². The Morgan fingerprint density at radius 3 is 2.72 bits per heavy atom. The molecule has 2 N–H and O–H groups in total. The maximum absolute atomic E-state index is 12.0. The Bertz CT molecular complexity index is 256. The summed E-state index contributed by atoms with van der Waals surface area (Å²) in [5, 5.41) is 12.6. The lowest BCUT2D eigenvalue weighted by Crippen LogP contribution is -2.49. The number of rotatable bonds is 5. The molecule has 0 aliphatic carbocycles. The molecule has 1 aliphatic heterocycles. The van der Waals surface area contributed by atoms with Gasteiger partial charge in [-0.1, -0.05) is 26.7 Å². The second-order valence-electron chi connectivity index (χ2n) is 5.92. The molecule has 0 aromatic carbocycles. The van der Waals surface area contributed by atoms with E-state index in [9.17, 15) is 9.90 Å². The monoisotopic (exact) mass is 256 g/mol. The van der Waals surface area contributed by atoms with Crippen LogP contribution in [0.2, 0.25) is 0 Å². The molecule has 2 unspecified atom stereocenters. The van der Waals surface area contributed by atoms with E-state index in [1.165, 1.54) is 6.42 Å². The summed E-state index contributed by atoms with van der Waals surface area (Å²) in [6.45, 7) is 7.74. The van der Waals surface area contributed by atoms with E-state index >= 15 is 0 Å². The van der Waals surface area contributed by atoms with Crippen LogP contribution in [0.3, 0.4) is 0 Å². The number of nitrogens with zero attached hydrogens (tertiary/aromatic N) is 1. The molecular formula is C14H28N2O2. The summed E-state index contributed by atoms with van der Waals surface area (Å²) in [5.41, 5.74) is 0. The van der Waals surface area contributed by atoms with Crippen LogP contribution in [0.1, 0.15) is 52.9 Å². The Balaban J connectivity index is 2.21. The number of β-amino-alcohol motifs (C(OH)–C–C–N with tert-alkyl or cyclic N) is 1. The highest BCUT2D eigenvalue weighted by molar-refractivity contribution is 5.74. The smallest absolute Gasteiger partial charge is 0.317 e. The van der Waals surface area contributed by atoms with Crippen LogP contribution in [0.15, 0.2) is 0 Å². The van der Waals surface area contributed by atoms with Crippen molar-refractivity contribution in [3.63, 3.8) is 0 Å². The van der Waals surface area contributed by atoms with Crippen molar-refractivity contribution < 1.29 is 9.90 Å². The van der Waals surface area contributed by atoms with Crippen molar-refractivity contribution in [2.24, 2.45) is 5.92 Å². The van der Waals surface area contributed by atoms with Crippen molar-refractivity contribution in [3.05, 3.63) is 0 Å². The molecule has 1 rings (SSSR count). The number of urea groups is 1. The summed E-state index contributed by atoms with van der Waals surface area (Å²) in [5.74, 6) is 0.727.